The lowest BCUT2D eigenvalue weighted by Crippen LogP contribution is -2.01. The van der Waals surface area contributed by atoms with Gasteiger partial charge in [-0.1, -0.05) is 13.8 Å². The summed E-state index contributed by atoms with van der Waals surface area (Å²) in [6.45, 7) is 5.26. The van der Waals surface area contributed by atoms with Gasteiger partial charge in [0.1, 0.15) is 5.82 Å². The maximum absolute atomic E-state index is 8.85. The van der Waals surface area contributed by atoms with Crippen molar-refractivity contribution < 1.29 is 0 Å². The molecule has 0 aliphatic heterocycles. The van der Waals surface area contributed by atoms with Crippen LogP contribution < -0.4 is 0 Å². The number of hydrogen-bond donors (Lipinski definition) is 0. The molecule has 0 saturated heterocycles. The summed E-state index contributed by atoms with van der Waals surface area (Å²) < 4.78 is 2.25. The molecule has 16 heavy (non-hydrogen) atoms. The van der Waals surface area contributed by atoms with E-state index in [0.717, 1.165) is 36.2 Å². The molecule has 3 nitrogen and oxygen atoms in total. The van der Waals surface area contributed by atoms with Gasteiger partial charge in [-0.2, -0.15) is 5.26 Å². The molecule has 0 atom stereocenters. The molecule has 0 aliphatic carbocycles. The quantitative estimate of drug-likeness (QED) is 0.786. The predicted molar refractivity (Wildman–Crippen MR) is 64.1 cm³/mol. The van der Waals surface area contributed by atoms with Crippen molar-refractivity contribution in [2.45, 2.75) is 33.2 Å². The van der Waals surface area contributed by atoms with Crippen molar-refractivity contribution in [1.82, 2.24) is 9.55 Å². The first-order chi connectivity index (χ1) is 7.80. The molecule has 0 N–H and O–H groups in total. The van der Waals surface area contributed by atoms with Crippen LogP contribution in [-0.4, -0.2) is 9.55 Å². The monoisotopic (exact) mass is 213 g/mol. The van der Waals surface area contributed by atoms with Crippen molar-refractivity contribution in [2.75, 3.05) is 0 Å². The summed E-state index contributed by atoms with van der Waals surface area (Å²) in [6.07, 6.45) is 2.02. The third-order valence-corrected chi connectivity index (χ3v) is 2.72. The van der Waals surface area contributed by atoms with Crippen molar-refractivity contribution in [3.05, 3.63) is 29.6 Å². The van der Waals surface area contributed by atoms with Gasteiger partial charge in [-0.3, -0.25) is 0 Å². The highest BCUT2D eigenvalue weighted by Gasteiger charge is 2.08. The third kappa shape index (κ3) is 1.67. The zero-order valence-corrected chi connectivity index (χ0v) is 9.70. The fourth-order valence-electron chi connectivity index (χ4n) is 1.99. The Morgan fingerprint density at radius 3 is 2.81 bits per heavy atom. The molecule has 0 fully saturated rings. The standard InChI is InChI=1S/C13H15N3/c1-3-7-16-12-6-5-10(9-14)8-11(12)15-13(16)4-2/h5-6,8H,3-4,7H2,1-2H3. The van der Waals surface area contributed by atoms with Gasteiger partial charge in [-0.15, -0.1) is 0 Å². The Morgan fingerprint density at radius 2 is 2.19 bits per heavy atom. The van der Waals surface area contributed by atoms with Gasteiger partial charge in [0, 0.05) is 13.0 Å². The van der Waals surface area contributed by atoms with Crippen LogP contribution in [0.4, 0.5) is 0 Å². The second-order valence-corrected chi connectivity index (χ2v) is 3.85. The largest absolute Gasteiger partial charge is 0.328 e. The van der Waals surface area contributed by atoms with E-state index in [1.54, 1.807) is 0 Å². The minimum atomic E-state index is 0.677. The van der Waals surface area contributed by atoms with Gasteiger partial charge in [0.15, 0.2) is 0 Å². The molecular formula is C13H15N3. The van der Waals surface area contributed by atoms with Crippen LogP contribution in [0.3, 0.4) is 0 Å². The fraction of sp³-hybridized carbons (Fsp3) is 0.385. The smallest absolute Gasteiger partial charge is 0.109 e. The summed E-state index contributed by atoms with van der Waals surface area (Å²) in [6, 6.07) is 7.86. The molecule has 1 aromatic heterocycles. The van der Waals surface area contributed by atoms with Crippen LogP contribution in [0, 0.1) is 11.3 Å². The summed E-state index contributed by atoms with van der Waals surface area (Å²) in [7, 11) is 0. The number of aryl methyl sites for hydroxylation is 2. The predicted octanol–water partition coefficient (Wildman–Crippen LogP) is 2.88. The van der Waals surface area contributed by atoms with Crippen LogP contribution in [0.2, 0.25) is 0 Å². The SMILES string of the molecule is CCCn1c(CC)nc2cc(C#N)ccc21. The number of benzene rings is 1. The lowest BCUT2D eigenvalue weighted by atomic mass is 10.2. The average Bonchev–Trinajstić information content (AvgIpc) is 2.67. The van der Waals surface area contributed by atoms with Crippen molar-refractivity contribution in [1.29, 1.82) is 5.26 Å². The van der Waals surface area contributed by atoms with Gasteiger partial charge in [0.25, 0.3) is 0 Å². The summed E-state index contributed by atoms with van der Waals surface area (Å²) in [5.41, 5.74) is 2.75. The molecule has 0 bridgehead atoms. The van der Waals surface area contributed by atoms with Gasteiger partial charge in [0.2, 0.25) is 0 Å². The van der Waals surface area contributed by atoms with E-state index in [2.05, 4.69) is 29.5 Å². The first-order valence-electron chi connectivity index (χ1n) is 5.69. The van der Waals surface area contributed by atoms with Crippen molar-refractivity contribution in [2.24, 2.45) is 0 Å². The molecule has 82 valence electrons. The van der Waals surface area contributed by atoms with E-state index in [1.165, 1.54) is 0 Å². The van der Waals surface area contributed by atoms with E-state index in [4.69, 9.17) is 5.26 Å². The number of imidazole rings is 1. The second-order valence-electron chi connectivity index (χ2n) is 3.85. The topological polar surface area (TPSA) is 41.6 Å². The number of nitriles is 1. The summed E-state index contributed by atoms with van der Waals surface area (Å²) in [5.74, 6) is 1.10. The third-order valence-electron chi connectivity index (χ3n) is 2.72. The lowest BCUT2D eigenvalue weighted by Gasteiger charge is -2.05. The molecule has 0 aliphatic rings. The van der Waals surface area contributed by atoms with E-state index >= 15 is 0 Å². The van der Waals surface area contributed by atoms with E-state index in [-0.39, 0.29) is 0 Å². The minimum absolute atomic E-state index is 0.677. The number of hydrogen-bond acceptors (Lipinski definition) is 2. The Morgan fingerprint density at radius 1 is 1.38 bits per heavy atom. The summed E-state index contributed by atoms with van der Waals surface area (Å²) in [5, 5.41) is 8.85. The van der Waals surface area contributed by atoms with Gasteiger partial charge >= 0.3 is 0 Å². The van der Waals surface area contributed by atoms with Gasteiger partial charge in [-0.25, -0.2) is 4.98 Å². The highest BCUT2D eigenvalue weighted by molar-refractivity contribution is 5.77. The molecule has 2 rings (SSSR count). The highest BCUT2D eigenvalue weighted by atomic mass is 15.1. The molecular weight excluding hydrogens is 198 g/mol. The van der Waals surface area contributed by atoms with Crippen molar-refractivity contribution in [3.63, 3.8) is 0 Å². The van der Waals surface area contributed by atoms with E-state index in [0.29, 0.717) is 5.56 Å². The number of rotatable bonds is 3. The maximum Gasteiger partial charge on any atom is 0.109 e. The Kier molecular flexibility index (Phi) is 2.91. The average molecular weight is 213 g/mol. The first-order valence-corrected chi connectivity index (χ1v) is 5.69. The van der Waals surface area contributed by atoms with Crippen LogP contribution in [0.1, 0.15) is 31.7 Å². The second kappa shape index (κ2) is 4.36. The highest BCUT2D eigenvalue weighted by Crippen LogP contribution is 2.18. The number of nitrogens with zero attached hydrogens (tertiary/aromatic N) is 3. The number of fused-ring (bicyclic) bond motifs is 1. The Bertz CT molecular complexity index is 546. The van der Waals surface area contributed by atoms with E-state index in [1.807, 2.05) is 18.2 Å². The van der Waals surface area contributed by atoms with Gasteiger partial charge in [-0.05, 0) is 24.6 Å². The Hall–Kier alpha value is -1.82. The van der Waals surface area contributed by atoms with Crippen LogP contribution in [-0.2, 0) is 13.0 Å². The molecule has 3 heteroatoms. The Balaban J connectivity index is 2.63. The molecule has 0 saturated carbocycles. The number of aromatic nitrogens is 2. The summed E-state index contributed by atoms with van der Waals surface area (Å²) >= 11 is 0. The molecule has 0 spiro atoms. The molecule has 0 radical (unpaired) electrons. The van der Waals surface area contributed by atoms with E-state index < -0.39 is 0 Å². The zero-order chi connectivity index (χ0) is 11.5. The molecule has 1 heterocycles. The molecule has 2 aromatic rings. The lowest BCUT2D eigenvalue weighted by molar-refractivity contribution is 0.659. The van der Waals surface area contributed by atoms with Crippen LogP contribution in [0.15, 0.2) is 18.2 Å². The van der Waals surface area contributed by atoms with Gasteiger partial charge in [0.05, 0.1) is 22.7 Å². The van der Waals surface area contributed by atoms with Crippen LogP contribution in [0.5, 0.6) is 0 Å². The molecule has 0 unspecified atom stereocenters. The van der Waals surface area contributed by atoms with Gasteiger partial charge < -0.3 is 4.57 Å². The van der Waals surface area contributed by atoms with E-state index in [9.17, 15) is 0 Å². The summed E-state index contributed by atoms with van der Waals surface area (Å²) in [4.78, 5) is 4.57. The van der Waals surface area contributed by atoms with Crippen molar-refractivity contribution >= 4 is 11.0 Å². The first kappa shape index (κ1) is 10.7. The molecule has 1 aromatic carbocycles. The van der Waals surface area contributed by atoms with Crippen LogP contribution >= 0.6 is 0 Å². The normalized spacial score (nSPS) is 10.6. The fourth-order valence-corrected chi connectivity index (χ4v) is 1.99. The maximum atomic E-state index is 8.85. The van der Waals surface area contributed by atoms with Crippen molar-refractivity contribution in [3.8, 4) is 6.07 Å². The van der Waals surface area contributed by atoms with Crippen LogP contribution in [0.25, 0.3) is 11.0 Å². The molecule has 0 amide bonds. The Labute approximate surface area is 95.3 Å². The zero-order valence-electron chi connectivity index (χ0n) is 9.70. The minimum Gasteiger partial charge on any atom is -0.328 e.